The maximum atomic E-state index is 10.1. The molecular formula is C32H38N4O6. The van der Waals surface area contributed by atoms with Crippen LogP contribution in [0.25, 0.3) is 0 Å². The molecule has 10 heteroatoms. The van der Waals surface area contributed by atoms with Gasteiger partial charge in [-0.25, -0.2) is 0 Å². The van der Waals surface area contributed by atoms with Gasteiger partial charge < -0.3 is 46.6 Å². The molecule has 8 N–H and O–H groups in total. The summed E-state index contributed by atoms with van der Waals surface area (Å²) in [4.78, 5) is 10.1. The monoisotopic (exact) mass is 574 g/mol. The van der Waals surface area contributed by atoms with Crippen LogP contribution in [0.2, 0.25) is 0 Å². The second-order valence-electron chi connectivity index (χ2n) is 8.97. The molecule has 0 aliphatic heterocycles. The highest BCUT2D eigenvalue weighted by atomic mass is 16.5. The number of para-hydroxylation sites is 4. The van der Waals surface area contributed by atoms with Gasteiger partial charge in [-0.05, 0) is 66.1 Å². The van der Waals surface area contributed by atoms with Gasteiger partial charge in [0.25, 0.3) is 6.47 Å². The number of carbonyl (C=O) groups is 1. The van der Waals surface area contributed by atoms with Crippen LogP contribution in [0.5, 0.6) is 23.0 Å². The topological polar surface area (TPSA) is 167 Å². The van der Waals surface area contributed by atoms with Crippen molar-refractivity contribution < 1.29 is 28.5 Å². The van der Waals surface area contributed by atoms with E-state index in [0.29, 0.717) is 78.6 Å². The highest BCUT2D eigenvalue weighted by molar-refractivity contribution is 5.55. The third-order valence-electron chi connectivity index (χ3n) is 5.91. The lowest BCUT2D eigenvalue weighted by Gasteiger charge is -2.12. The van der Waals surface area contributed by atoms with Crippen molar-refractivity contribution in [1.82, 2.24) is 0 Å². The number of nitrogen functional groups attached to an aromatic ring is 4. The Labute approximate surface area is 246 Å². The van der Waals surface area contributed by atoms with Crippen molar-refractivity contribution >= 4 is 29.2 Å². The molecule has 0 atom stereocenters. The van der Waals surface area contributed by atoms with E-state index in [9.17, 15) is 4.79 Å². The number of carbonyl (C=O) groups excluding carboxylic acids is 1. The zero-order valence-electron chi connectivity index (χ0n) is 23.7. The maximum absolute atomic E-state index is 10.1. The molecule has 0 amide bonds. The van der Waals surface area contributed by atoms with E-state index in [1.165, 1.54) is 5.56 Å². The van der Waals surface area contributed by atoms with Crippen LogP contribution < -0.4 is 41.9 Å². The summed E-state index contributed by atoms with van der Waals surface area (Å²) in [5.74, 6) is 2.54. The van der Waals surface area contributed by atoms with E-state index < -0.39 is 0 Å². The van der Waals surface area contributed by atoms with Crippen LogP contribution in [0.1, 0.15) is 18.1 Å². The van der Waals surface area contributed by atoms with Crippen LogP contribution in [-0.2, 0) is 22.6 Å². The molecule has 0 bridgehead atoms. The lowest BCUT2D eigenvalue weighted by atomic mass is 10.1. The minimum absolute atomic E-state index is 0.185. The van der Waals surface area contributed by atoms with E-state index in [4.69, 9.17) is 41.9 Å². The molecule has 0 aromatic heterocycles. The normalized spacial score (nSPS) is 10.1. The van der Waals surface area contributed by atoms with Crippen molar-refractivity contribution in [1.29, 1.82) is 0 Å². The van der Waals surface area contributed by atoms with Crippen LogP contribution in [0.15, 0.2) is 84.9 Å². The van der Waals surface area contributed by atoms with Gasteiger partial charge in [-0.2, -0.15) is 0 Å². The Morgan fingerprint density at radius 1 is 0.548 bits per heavy atom. The van der Waals surface area contributed by atoms with Gasteiger partial charge in [0.05, 0.1) is 22.7 Å². The number of hydrogen-bond donors (Lipinski definition) is 4. The minimum atomic E-state index is 0.185. The van der Waals surface area contributed by atoms with Crippen molar-refractivity contribution in [2.75, 3.05) is 49.4 Å². The van der Waals surface area contributed by atoms with Gasteiger partial charge in [0.15, 0.2) is 0 Å². The molecule has 0 unspecified atom stereocenters. The molecule has 4 aromatic rings. The fourth-order valence-corrected chi connectivity index (χ4v) is 3.73. The van der Waals surface area contributed by atoms with E-state index in [1.54, 1.807) is 36.4 Å². The molecule has 0 heterocycles. The Kier molecular flexibility index (Phi) is 12.5. The fraction of sp³-hybridized carbons (Fsp3) is 0.219. The second-order valence-corrected chi connectivity index (χ2v) is 8.97. The van der Waals surface area contributed by atoms with E-state index in [-0.39, 0.29) is 6.61 Å². The van der Waals surface area contributed by atoms with Crippen LogP contribution in [-0.4, -0.2) is 32.9 Å². The summed E-state index contributed by atoms with van der Waals surface area (Å²) in [7, 11) is 0. The zero-order valence-corrected chi connectivity index (χ0v) is 23.7. The van der Waals surface area contributed by atoms with Crippen LogP contribution >= 0.6 is 0 Å². The highest BCUT2D eigenvalue weighted by Gasteiger charge is 2.05. The van der Waals surface area contributed by atoms with E-state index >= 15 is 0 Å². The molecule has 0 radical (unpaired) electrons. The predicted molar refractivity (Wildman–Crippen MR) is 166 cm³/mol. The fourth-order valence-electron chi connectivity index (χ4n) is 3.73. The number of ether oxygens (including phenoxy) is 5. The predicted octanol–water partition coefficient (Wildman–Crippen LogP) is 4.85. The minimum Gasteiger partial charge on any atom is -0.488 e. The molecule has 10 nitrogen and oxygen atoms in total. The van der Waals surface area contributed by atoms with E-state index in [1.807, 2.05) is 48.5 Å². The number of aryl methyl sites for hydroxylation is 1. The third kappa shape index (κ3) is 10.1. The lowest BCUT2D eigenvalue weighted by Crippen LogP contribution is -2.10. The Morgan fingerprint density at radius 2 is 0.952 bits per heavy atom. The summed E-state index contributed by atoms with van der Waals surface area (Å²) in [6.07, 6.45) is 0.959. The standard InChI is InChI=1S/C16H18N2O4.C16H20N2O2/c17-13-3-1-2-4-15(13)21-7-8-22-16-6-5-12(9-14(16)18)10-20-11-19;1-2-12-7-8-16(14(18)11-12)20-10-9-19-15-6-4-3-5-13(15)17/h1-6,9,11H,7-8,10,17-18H2;3-8,11H,2,9-10,17-18H2,1H3. The highest BCUT2D eigenvalue weighted by Crippen LogP contribution is 2.25. The molecule has 0 spiro atoms. The molecule has 42 heavy (non-hydrogen) atoms. The molecule has 0 fully saturated rings. The van der Waals surface area contributed by atoms with Gasteiger partial charge in [-0.1, -0.05) is 43.3 Å². The van der Waals surface area contributed by atoms with Crippen LogP contribution in [0.3, 0.4) is 0 Å². The first-order valence-electron chi connectivity index (χ1n) is 13.4. The Morgan fingerprint density at radius 3 is 1.36 bits per heavy atom. The Balaban J connectivity index is 0.000000231. The summed E-state index contributed by atoms with van der Waals surface area (Å²) < 4.78 is 26.9. The van der Waals surface area contributed by atoms with Crippen LogP contribution in [0, 0.1) is 0 Å². The first-order valence-corrected chi connectivity index (χ1v) is 13.4. The number of rotatable bonds is 14. The first-order chi connectivity index (χ1) is 20.4. The maximum Gasteiger partial charge on any atom is 0.293 e. The quantitative estimate of drug-likeness (QED) is 0.0928. The SMILES string of the molecule is CCc1ccc(OCCOc2ccccc2N)c(N)c1.Nc1ccccc1OCCOc1ccc(COC=O)cc1N. The molecule has 4 rings (SSSR count). The number of benzene rings is 4. The van der Waals surface area contributed by atoms with Crippen molar-refractivity contribution in [3.63, 3.8) is 0 Å². The van der Waals surface area contributed by atoms with E-state index in [0.717, 1.165) is 12.0 Å². The zero-order chi connectivity index (χ0) is 30.2. The van der Waals surface area contributed by atoms with Crippen molar-refractivity contribution in [3.8, 4) is 23.0 Å². The summed E-state index contributed by atoms with van der Waals surface area (Å²) in [5, 5.41) is 0. The molecule has 222 valence electrons. The second kappa shape index (κ2) is 16.8. The van der Waals surface area contributed by atoms with E-state index in [2.05, 4.69) is 11.7 Å². The van der Waals surface area contributed by atoms with Gasteiger partial charge >= 0.3 is 0 Å². The largest absolute Gasteiger partial charge is 0.488 e. The number of hydrogen-bond acceptors (Lipinski definition) is 10. The number of anilines is 4. The molecule has 4 aromatic carbocycles. The molecular weight excluding hydrogens is 536 g/mol. The van der Waals surface area contributed by atoms with Crippen molar-refractivity contribution in [2.24, 2.45) is 0 Å². The van der Waals surface area contributed by atoms with Gasteiger partial charge in [0.1, 0.15) is 56.0 Å². The van der Waals surface area contributed by atoms with Crippen molar-refractivity contribution in [3.05, 3.63) is 96.1 Å². The molecule has 0 aliphatic rings. The summed E-state index contributed by atoms with van der Waals surface area (Å²) in [6.45, 7) is 4.20. The van der Waals surface area contributed by atoms with Crippen LogP contribution in [0.4, 0.5) is 22.7 Å². The summed E-state index contributed by atoms with van der Waals surface area (Å²) >= 11 is 0. The smallest absolute Gasteiger partial charge is 0.293 e. The lowest BCUT2D eigenvalue weighted by molar-refractivity contribution is -0.129. The number of nitrogens with two attached hydrogens (primary N) is 4. The average Bonchev–Trinajstić information content (AvgIpc) is 3.00. The Bertz CT molecular complexity index is 1420. The Hall–Kier alpha value is -5.25. The average molecular weight is 575 g/mol. The summed E-state index contributed by atoms with van der Waals surface area (Å²) in [6, 6.07) is 25.7. The van der Waals surface area contributed by atoms with Gasteiger partial charge in [-0.3, -0.25) is 4.79 Å². The van der Waals surface area contributed by atoms with Gasteiger partial charge in [0.2, 0.25) is 0 Å². The third-order valence-corrected chi connectivity index (χ3v) is 5.91. The van der Waals surface area contributed by atoms with Gasteiger partial charge in [0, 0.05) is 0 Å². The van der Waals surface area contributed by atoms with Gasteiger partial charge in [-0.15, -0.1) is 0 Å². The van der Waals surface area contributed by atoms with Crippen molar-refractivity contribution in [2.45, 2.75) is 20.0 Å². The summed E-state index contributed by atoms with van der Waals surface area (Å²) in [5.41, 5.74) is 27.7. The molecule has 0 saturated heterocycles. The first kappa shape index (κ1) is 31.3. The molecule has 0 saturated carbocycles. The molecule has 0 aliphatic carbocycles.